The molecule has 0 atom stereocenters. The Kier molecular flexibility index (Phi) is 6.81. The summed E-state index contributed by atoms with van der Waals surface area (Å²) in [5.41, 5.74) is 6.06. The second-order valence-corrected chi connectivity index (χ2v) is 6.60. The van der Waals surface area contributed by atoms with Crippen molar-refractivity contribution in [2.75, 3.05) is 13.2 Å². The molecule has 3 aromatic carbocycles. The summed E-state index contributed by atoms with van der Waals surface area (Å²) in [6.45, 7) is 8.22. The summed E-state index contributed by atoms with van der Waals surface area (Å²) in [6.07, 6.45) is 1.81. The molecular weight excluding hydrogens is 376 g/mol. The van der Waals surface area contributed by atoms with Gasteiger partial charge in [0.2, 0.25) is 0 Å². The number of benzene rings is 3. The highest BCUT2D eigenvalue weighted by molar-refractivity contribution is 5.91. The van der Waals surface area contributed by atoms with Crippen LogP contribution in [-0.2, 0) is 9.47 Å². The van der Waals surface area contributed by atoms with Gasteiger partial charge in [-0.1, -0.05) is 49.1 Å². The molecule has 0 fully saturated rings. The van der Waals surface area contributed by atoms with Crippen LogP contribution in [0.5, 0.6) is 0 Å². The minimum Gasteiger partial charge on any atom is -0.462 e. The van der Waals surface area contributed by atoms with E-state index in [1.807, 2.05) is 42.5 Å². The number of carbonyl (C=O) groups is 2. The average molecular weight is 400 g/mol. The summed E-state index contributed by atoms with van der Waals surface area (Å²) in [5.74, 6) is -0.646. The Hall–Kier alpha value is -3.66. The van der Waals surface area contributed by atoms with Crippen LogP contribution in [-0.4, -0.2) is 25.2 Å². The third kappa shape index (κ3) is 4.66. The lowest BCUT2D eigenvalue weighted by Gasteiger charge is -2.11. The normalized spacial score (nSPS) is 10.3. The topological polar surface area (TPSA) is 52.6 Å². The zero-order valence-corrected chi connectivity index (χ0v) is 17.2. The smallest absolute Gasteiger partial charge is 0.338 e. The molecule has 0 saturated heterocycles. The molecule has 30 heavy (non-hydrogen) atoms. The van der Waals surface area contributed by atoms with Crippen molar-refractivity contribution < 1.29 is 19.1 Å². The molecule has 0 heterocycles. The standard InChI is InChI=1S/C26H24O4/c1-4-18-17-23(19-7-11-21(12-8-19)25(27)29-5-2)15-16-24(18)20-9-13-22(14-10-20)26(28)30-6-3/h4,7-17H,1,5-6H2,2-3H3. The van der Waals surface area contributed by atoms with E-state index in [2.05, 4.69) is 12.6 Å². The van der Waals surface area contributed by atoms with Gasteiger partial charge in [-0.15, -0.1) is 0 Å². The fourth-order valence-corrected chi connectivity index (χ4v) is 3.19. The van der Waals surface area contributed by atoms with E-state index in [1.165, 1.54) is 0 Å². The number of rotatable bonds is 7. The highest BCUT2D eigenvalue weighted by Gasteiger charge is 2.10. The van der Waals surface area contributed by atoms with E-state index >= 15 is 0 Å². The molecule has 0 saturated carbocycles. The van der Waals surface area contributed by atoms with Gasteiger partial charge in [0.05, 0.1) is 24.3 Å². The molecule has 4 nitrogen and oxygen atoms in total. The summed E-state index contributed by atoms with van der Waals surface area (Å²) in [7, 11) is 0. The fraction of sp³-hybridized carbons (Fsp3) is 0.154. The van der Waals surface area contributed by atoms with Gasteiger partial charge in [0.15, 0.2) is 0 Å². The average Bonchev–Trinajstić information content (AvgIpc) is 2.79. The summed E-state index contributed by atoms with van der Waals surface area (Å²) < 4.78 is 10.1. The van der Waals surface area contributed by atoms with Gasteiger partial charge < -0.3 is 9.47 Å². The molecule has 0 aliphatic carbocycles. The molecular formula is C26H24O4. The second-order valence-electron chi connectivity index (χ2n) is 6.60. The van der Waals surface area contributed by atoms with E-state index in [9.17, 15) is 9.59 Å². The van der Waals surface area contributed by atoms with Crippen molar-refractivity contribution in [1.29, 1.82) is 0 Å². The van der Waals surface area contributed by atoms with Gasteiger partial charge in [-0.3, -0.25) is 0 Å². The summed E-state index contributed by atoms with van der Waals surface area (Å²) in [5, 5.41) is 0. The molecule has 0 aromatic heterocycles. The Balaban J connectivity index is 1.87. The van der Waals surface area contributed by atoms with Crippen molar-refractivity contribution in [2.24, 2.45) is 0 Å². The molecule has 0 N–H and O–H groups in total. The first-order chi connectivity index (χ1) is 14.6. The Morgan fingerprint density at radius 3 is 1.67 bits per heavy atom. The molecule has 0 aliphatic rings. The Morgan fingerprint density at radius 2 is 1.20 bits per heavy atom. The van der Waals surface area contributed by atoms with Crippen LogP contribution in [0, 0.1) is 0 Å². The van der Waals surface area contributed by atoms with E-state index < -0.39 is 0 Å². The monoisotopic (exact) mass is 400 g/mol. The van der Waals surface area contributed by atoms with E-state index in [0.29, 0.717) is 24.3 Å². The lowest BCUT2D eigenvalue weighted by molar-refractivity contribution is 0.0517. The molecule has 4 heteroatoms. The third-order valence-corrected chi connectivity index (χ3v) is 4.71. The Labute approximate surface area is 176 Å². The first-order valence-corrected chi connectivity index (χ1v) is 9.89. The maximum Gasteiger partial charge on any atom is 0.338 e. The van der Waals surface area contributed by atoms with E-state index in [4.69, 9.17) is 9.47 Å². The number of hydrogen-bond donors (Lipinski definition) is 0. The van der Waals surface area contributed by atoms with Crippen molar-refractivity contribution in [1.82, 2.24) is 0 Å². The van der Waals surface area contributed by atoms with Gasteiger partial charge >= 0.3 is 11.9 Å². The molecule has 3 rings (SSSR count). The van der Waals surface area contributed by atoms with E-state index in [1.54, 1.807) is 38.1 Å². The highest BCUT2D eigenvalue weighted by Crippen LogP contribution is 2.30. The lowest BCUT2D eigenvalue weighted by Crippen LogP contribution is -2.04. The first kappa shape index (κ1) is 21.1. The Morgan fingerprint density at radius 1 is 0.733 bits per heavy atom. The van der Waals surface area contributed by atoms with Crippen LogP contribution in [0.4, 0.5) is 0 Å². The highest BCUT2D eigenvalue weighted by atomic mass is 16.5. The predicted octanol–water partition coefficient (Wildman–Crippen LogP) is 6.02. The fourth-order valence-electron chi connectivity index (χ4n) is 3.19. The summed E-state index contributed by atoms with van der Waals surface area (Å²) in [4.78, 5) is 23.7. The number of carbonyl (C=O) groups excluding carboxylic acids is 2. The largest absolute Gasteiger partial charge is 0.462 e. The van der Waals surface area contributed by atoms with Crippen LogP contribution >= 0.6 is 0 Å². The number of ether oxygens (including phenoxy) is 2. The molecule has 0 unspecified atom stereocenters. The van der Waals surface area contributed by atoms with Crippen molar-refractivity contribution >= 4 is 18.0 Å². The minimum absolute atomic E-state index is 0.322. The van der Waals surface area contributed by atoms with Gasteiger partial charge in [-0.05, 0) is 72.0 Å². The van der Waals surface area contributed by atoms with Crippen molar-refractivity contribution in [2.45, 2.75) is 13.8 Å². The molecule has 0 aliphatic heterocycles. The minimum atomic E-state index is -0.324. The van der Waals surface area contributed by atoms with Crippen molar-refractivity contribution in [3.63, 3.8) is 0 Å². The second kappa shape index (κ2) is 9.70. The maximum atomic E-state index is 11.9. The van der Waals surface area contributed by atoms with Crippen molar-refractivity contribution in [3.8, 4) is 22.3 Å². The maximum absolute atomic E-state index is 11.9. The van der Waals surface area contributed by atoms with Crippen LogP contribution in [0.15, 0.2) is 73.3 Å². The molecule has 152 valence electrons. The lowest BCUT2D eigenvalue weighted by atomic mass is 9.94. The van der Waals surface area contributed by atoms with Crippen molar-refractivity contribution in [3.05, 3.63) is 90.0 Å². The van der Waals surface area contributed by atoms with Gasteiger partial charge in [-0.25, -0.2) is 9.59 Å². The molecule has 0 radical (unpaired) electrons. The third-order valence-electron chi connectivity index (χ3n) is 4.71. The molecule has 0 amide bonds. The quantitative estimate of drug-likeness (QED) is 0.455. The van der Waals surface area contributed by atoms with Gasteiger partial charge in [0.25, 0.3) is 0 Å². The molecule has 3 aromatic rings. The van der Waals surface area contributed by atoms with Crippen LogP contribution in [0.25, 0.3) is 28.3 Å². The zero-order chi connectivity index (χ0) is 21.5. The van der Waals surface area contributed by atoms with Crippen LogP contribution in [0.2, 0.25) is 0 Å². The van der Waals surface area contributed by atoms with Crippen LogP contribution in [0.3, 0.4) is 0 Å². The van der Waals surface area contributed by atoms with Crippen LogP contribution in [0.1, 0.15) is 40.1 Å². The first-order valence-electron chi connectivity index (χ1n) is 9.89. The van der Waals surface area contributed by atoms with Gasteiger partial charge in [0.1, 0.15) is 0 Å². The van der Waals surface area contributed by atoms with E-state index in [0.717, 1.165) is 27.8 Å². The number of hydrogen-bond acceptors (Lipinski definition) is 4. The molecule has 0 spiro atoms. The number of esters is 2. The van der Waals surface area contributed by atoms with Gasteiger partial charge in [0, 0.05) is 0 Å². The summed E-state index contributed by atoms with van der Waals surface area (Å²) in [6, 6.07) is 20.8. The Bertz CT molecular complexity index is 1050. The summed E-state index contributed by atoms with van der Waals surface area (Å²) >= 11 is 0. The van der Waals surface area contributed by atoms with Gasteiger partial charge in [-0.2, -0.15) is 0 Å². The SMILES string of the molecule is C=Cc1cc(-c2ccc(C(=O)OCC)cc2)ccc1-c1ccc(C(=O)OCC)cc1. The molecule has 0 bridgehead atoms. The predicted molar refractivity (Wildman–Crippen MR) is 119 cm³/mol. The zero-order valence-electron chi connectivity index (χ0n) is 17.2. The van der Waals surface area contributed by atoms with Crippen LogP contribution < -0.4 is 0 Å². The van der Waals surface area contributed by atoms with E-state index in [-0.39, 0.29) is 11.9 Å².